The molecule has 25 heavy (non-hydrogen) atoms. The van der Waals surface area contributed by atoms with Crippen LogP contribution in [0.5, 0.6) is 0 Å². The van der Waals surface area contributed by atoms with E-state index in [9.17, 15) is 4.79 Å². The lowest BCUT2D eigenvalue weighted by Gasteiger charge is -2.05. The summed E-state index contributed by atoms with van der Waals surface area (Å²) in [6, 6.07) is 13.2. The number of hydrogen-bond donors (Lipinski definition) is 1. The van der Waals surface area contributed by atoms with E-state index in [1.807, 2.05) is 59.3 Å². The summed E-state index contributed by atoms with van der Waals surface area (Å²) < 4.78 is 7.10. The topological polar surface area (TPSA) is 72.4 Å². The van der Waals surface area contributed by atoms with Crippen LogP contribution in [0, 0.1) is 0 Å². The molecule has 1 N–H and O–H groups in total. The molecule has 1 amide bonds. The number of nitrogens with zero attached hydrogens (tertiary/aromatic N) is 3. The lowest BCUT2D eigenvalue weighted by Crippen LogP contribution is -2.12. The number of imidazole rings is 1. The highest BCUT2D eigenvalue weighted by Crippen LogP contribution is 2.21. The first-order valence-electron chi connectivity index (χ1n) is 8.00. The van der Waals surface area contributed by atoms with Crippen LogP contribution >= 0.6 is 0 Å². The standard InChI is InChI=1S/C19H16N4O2/c24-18(9-8-16-3-1-12-25-16)21-15-6-4-14(5-7-15)17-13-23-11-2-10-20-19(23)22-17/h1-7,10-13H,8-9H2,(H,21,24). The Kier molecular flexibility index (Phi) is 4.00. The maximum atomic E-state index is 12.0. The Bertz CT molecular complexity index is 955. The Morgan fingerprint density at radius 1 is 1.16 bits per heavy atom. The zero-order chi connectivity index (χ0) is 17.1. The lowest BCUT2D eigenvalue weighted by molar-refractivity contribution is -0.116. The van der Waals surface area contributed by atoms with Gasteiger partial charge in [0.05, 0.1) is 12.0 Å². The largest absolute Gasteiger partial charge is 0.469 e. The molecule has 4 rings (SSSR count). The zero-order valence-electron chi connectivity index (χ0n) is 13.4. The minimum atomic E-state index is -0.0407. The molecule has 0 unspecified atom stereocenters. The Morgan fingerprint density at radius 3 is 2.80 bits per heavy atom. The molecule has 1 aromatic carbocycles. The number of rotatable bonds is 5. The molecule has 6 heteroatoms. The van der Waals surface area contributed by atoms with E-state index in [0.717, 1.165) is 22.7 Å². The van der Waals surface area contributed by atoms with E-state index in [4.69, 9.17) is 4.42 Å². The fourth-order valence-electron chi connectivity index (χ4n) is 2.61. The van der Waals surface area contributed by atoms with Crippen LogP contribution in [0.3, 0.4) is 0 Å². The molecule has 3 aromatic heterocycles. The van der Waals surface area contributed by atoms with Crippen LogP contribution in [0.25, 0.3) is 17.0 Å². The number of hydrogen-bond acceptors (Lipinski definition) is 4. The molecule has 0 aliphatic heterocycles. The average Bonchev–Trinajstić information content (AvgIpc) is 3.30. The normalized spacial score (nSPS) is 10.9. The number of furan rings is 1. The Labute approximate surface area is 144 Å². The smallest absolute Gasteiger partial charge is 0.234 e. The van der Waals surface area contributed by atoms with Crippen molar-refractivity contribution in [3.05, 3.63) is 73.1 Å². The number of carbonyl (C=O) groups excluding carboxylic acids is 1. The molecule has 0 spiro atoms. The summed E-state index contributed by atoms with van der Waals surface area (Å²) in [4.78, 5) is 20.7. The first-order valence-corrected chi connectivity index (χ1v) is 8.00. The van der Waals surface area contributed by atoms with Crippen LogP contribution in [0.2, 0.25) is 0 Å². The van der Waals surface area contributed by atoms with Crippen molar-refractivity contribution in [1.29, 1.82) is 0 Å². The highest BCUT2D eigenvalue weighted by atomic mass is 16.3. The number of benzene rings is 1. The molecule has 0 radical (unpaired) electrons. The predicted molar refractivity (Wildman–Crippen MR) is 94.1 cm³/mol. The van der Waals surface area contributed by atoms with Gasteiger partial charge < -0.3 is 9.73 Å². The van der Waals surface area contributed by atoms with Crippen molar-refractivity contribution in [3.63, 3.8) is 0 Å². The van der Waals surface area contributed by atoms with Gasteiger partial charge in [-0.1, -0.05) is 12.1 Å². The molecule has 4 aromatic rings. The van der Waals surface area contributed by atoms with Crippen molar-refractivity contribution in [2.75, 3.05) is 5.32 Å². The van der Waals surface area contributed by atoms with Crippen LogP contribution in [-0.2, 0) is 11.2 Å². The number of carbonyl (C=O) groups is 1. The molecule has 0 saturated heterocycles. The van der Waals surface area contributed by atoms with Crippen molar-refractivity contribution in [2.45, 2.75) is 12.8 Å². The lowest BCUT2D eigenvalue weighted by atomic mass is 10.1. The van der Waals surface area contributed by atoms with Gasteiger partial charge in [-0.3, -0.25) is 9.20 Å². The van der Waals surface area contributed by atoms with Crippen molar-refractivity contribution in [3.8, 4) is 11.3 Å². The third-order valence-corrected chi connectivity index (χ3v) is 3.88. The summed E-state index contributed by atoms with van der Waals surface area (Å²) >= 11 is 0. The first kappa shape index (κ1) is 15.1. The SMILES string of the molecule is O=C(CCc1ccco1)Nc1ccc(-c2cn3cccnc3n2)cc1. The summed E-state index contributed by atoms with van der Waals surface area (Å²) in [6.07, 6.45) is 8.14. The number of aromatic nitrogens is 3. The number of aryl methyl sites for hydroxylation is 1. The van der Waals surface area contributed by atoms with Gasteiger partial charge in [-0.15, -0.1) is 0 Å². The summed E-state index contributed by atoms with van der Waals surface area (Å²) in [7, 11) is 0. The molecule has 0 aliphatic carbocycles. The number of anilines is 1. The summed E-state index contributed by atoms with van der Waals surface area (Å²) in [5.41, 5.74) is 2.57. The maximum Gasteiger partial charge on any atom is 0.234 e. The van der Waals surface area contributed by atoms with E-state index in [2.05, 4.69) is 15.3 Å². The molecular formula is C19H16N4O2. The molecular weight excluding hydrogens is 316 g/mol. The van der Waals surface area contributed by atoms with E-state index in [0.29, 0.717) is 18.6 Å². The summed E-state index contributed by atoms with van der Waals surface area (Å²) in [5.74, 6) is 1.43. The van der Waals surface area contributed by atoms with E-state index >= 15 is 0 Å². The van der Waals surface area contributed by atoms with Gasteiger partial charge in [0.25, 0.3) is 0 Å². The van der Waals surface area contributed by atoms with Crippen molar-refractivity contribution < 1.29 is 9.21 Å². The number of nitrogens with one attached hydrogen (secondary N) is 1. The highest BCUT2D eigenvalue weighted by molar-refractivity contribution is 5.91. The van der Waals surface area contributed by atoms with Gasteiger partial charge in [0, 0.05) is 42.7 Å². The van der Waals surface area contributed by atoms with Gasteiger partial charge >= 0.3 is 0 Å². The molecule has 0 aliphatic rings. The second-order valence-corrected chi connectivity index (χ2v) is 5.66. The molecule has 124 valence electrons. The monoisotopic (exact) mass is 332 g/mol. The van der Waals surface area contributed by atoms with Crippen molar-refractivity contribution in [1.82, 2.24) is 14.4 Å². The van der Waals surface area contributed by atoms with Crippen LogP contribution in [-0.4, -0.2) is 20.3 Å². The van der Waals surface area contributed by atoms with Crippen molar-refractivity contribution >= 4 is 17.4 Å². The Hall–Kier alpha value is -3.41. The van der Waals surface area contributed by atoms with Crippen LogP contribution in [0.1, 0.15) is 12.2 Å². The molecule has 6 nitrogen and oxygen atoms in total. The van der Waals surface area contributed by atoms with Crippen LogP contribution in [0.15, 0.2) is 71.7 Å². The minimum absolute atomic E-state index is 0.0407. The van der Waals surface area contributed by atoms with Gasteiger partial charge in [0.1, 0.15) is 5.76 Å². The molecule has 0 atom stereocenters. The van der Waals surface area contributed by atoms with Gasteiger partial charge in [0.15, 0.2) is 0 Å². The third-order valence-electron chi connectivity index (χ3n) is 3.88. The fourth-order valence-corrected chi connectivity index (χ4v) is 2.61. The Balaban J connectivity index is 1.42. The maximum absolute atomic E-state index is 12.0. The second kappa shape index (κ2) is 6.60. The van der Waals surface area contributed by atoms with Gasteiger partial charge in [-0.25, -0.2) is 9.97 Å². The van der Waals surface area contributed by atoms with Gasteiger partial charge in [-0.05, 0) is 30.3 Å². The van der Waals surface area contributed by atoms with Crippen LogP contribution in [0.4, 0.5) is 5.69 Å². The molecule has 0 saturated carbocycles. The zero-order valence-corrected chi connectivity index (χ0v) is 13.4. The number of amides is 1. The summed E-state index contributed by atoms with van der Waals surface area (Å²) in [6.45, 7) is 0. The van der Waals surface area contributed by atoms with Crippen LogP contribution < -0.4 is 5.32 Å². The highest BCUT2D eigenvalue weighted by Gasteiger charge is 2.07. The quantitative estimate of drug-likeness (QED) is 0.606. The third kappa shape index (κ3) is 3.42. The van der Waals surface area contributed by atoms with Gasteiger partial charge in [-0.2, -0.15) is 0 Å². The van der Waals surface area contributed by atoms with E-state index < -0.39 is 0 Å². The van der Waals surface area contributed by atoms with Crippen molar-refractivity contribution in [2.24, 2.45) is 0 Å². The van der Waals surface area contributed by atoms with E-state index in [1.165, 1.54) is 0 Å². The molecule has 0 bridgehead atoms. The molecule has 3 heterocycles. The minimum Gasteiger partial charge on any atom is -0.469 e. The van der Waals surface area contributed by atoms with E-state index in [1.54, 1.807) is 12.5 Å². The molecule has 0 fully saturated rings. The number of fused-ring (bicyclic) bond motifs is 1. The van der Waals surface area contributed by atoms with Gasteiger partial charge in [0.2, 0.25) is 11.7 Å². The van der Waals surface area contributed by atoms with E-state index in [-0.39, 0.29) is 5.91 Å². The first-order chi connectivity index (χ1) is 12.3. The predicted octanol–water partition coefficient (Wildman–Crippen LogP) is 3.56. The second-order valence-electron chi connectivity index (χ2n) is 5.66. The summed E-state index contributed by atoms with van der Waals surface area (Å²) in [5, 5.41) is 2.89. The fraction of sp³-hybridized carbons (Fsp3) is 0.105. The Morgan fingerprint density at radius 2 is 2.04 bits per heavy atom. The average molecular weight is 332 g/mol.